The number of carbonyl (C=O) groups excluding carboxylic acids is 3. The molecular formula is C25H32F3N3O3. The fourth-order valence-electron chi connectivity index (χ4n) is 6.56. The van der Waals surface area contributed by atoms with Gasteiger partial charge in [0.05, 0.1) is 12.2 Å². The highest BCUT2D eigenvalue weighted by molar-refractivity contribution is 5.94. The third-order valence-electron chi connectivity index (χ3n) is 7.63. The van der Waals surface area contributed by atoms with E-state index in [1.165, 1.54) is 24.2 Å². The molecule has 1 aromatic carbocycles. The van der Waals surface area contributed by atoms with Gasteiger partial charge in [-0.1, -0.05) is 6.92 Å². The number of halogens is 3. The minimum Gasteiger partial charge on any atom is -0.355 e. The Morgan fingerprint density at radius 3 is 2.21 bits per heavy atom. The number of benzene rings is 1. The molecule has 1 aromatic rings. The summed E-state index contributed by atoms with van der Waals surface area (Å²) in [6.45, 7) is 1.99. The molecule has 0 saturated heterocycles. The van der Waals surface area contributed by atoms with Crippen LogP contribution in [0.5, 0.6) is 0 Å². The number of nitrogens with zero attached hydrogens (tertiary/aromatic N) is 1. The molecule has 0 unspecified atom stereocenters. The summed E-state index contributed by atoms with van der Waals surface area (Å²) in [5.74, 6) is -3.55. The van der Waals surface area contributed by atoms with Gasteiger partial charge in [0.1, 0.15) is 0 Å². The Bertz CT molecular complexity index is 933. The Balaban J connectivity index is 1.28. The summed E-state index contributed by atoms with van der Waals surface area (Å²) in [6, 6.07) is 1.65. The predicted molar refractivity (Wildman–Crippen MR) is 120 cm³/mol. The molecule has 0 heterocycles. The maximum absolute atomic E-state index is 13.8. The molecule has 4 aliphatic rings. The summed E-state index contributed by atoms with van der Waals surface area (Å²) >= 11 is 0. The van der Waals surface area contributed by atoms with Crippen LogP contribution in [0.1, 0.15) is 58.3 Å². The van der Waals surface area contributed by atoms with Crippen molar-refractivity contribution >= 4 is 23.4 Å². The first-order valence-electron chi connectivity index (χ1n) is 12.2. The Labute approximate surface area is 197 Å². The summed E-state index contributed by atoms with van der Waals surface area (Å²) < 4.78 is 40.3. The van der Waals surface area contributed by atoms with Gasteiger partial charge in [0.25, 0.3) is 0 Å². The highest BCUT2D eigenvalue weighted by Crippen LogP contribution is 2.60. The number of rotatable bonds is 9. The van der Waals surface area contributed by atoms with Crippen molar-refractivity contribution in [2.45, 2.75) is 58.3 Å². The fourth-order valence-corrected chi connectivity index (χ4v) is 6.56. The van der Waals surface area contributed by atoms with Gasteiger partial charge in [0.2, 0.25) is 17.7 Å². The average molecular weight is 480 g/mol. The zero-order chi connectivity index (χ0) is 24.5. The molecule has 4 aliphatic carbocycles. The molecule has 0 spiro atoms. The molecular weight excluding hydrogens is 447 g/mol. The zero-order valence-corrected chi connectivity index (χ0v) is 19.5. The quantitative estimate of drug-likeness (QED) is 0.526. The van der Waals surface area contributed by atoms with Crippen molar-refractivity contribution in [2.75, 3.05) is 25.0 Å². The maximum Gasteiger partial charge on any atom is 0.244 e. The summed E-state index contributed by atoms with van der Waals surface area (Å²) in [4.78, 5) is 39.4. The van der Waals surface area contributed by atoms with E-state index < -0.39 is 29.0 Å². The molecule has 6 nitrogen and oxygen atoms in total. The molecule has 5 rings (SSSR count). The van der Waals surface area contributed by atoms with Gasteiger partial charge in [-0.15, -0.1) is 0 Å². The summed E-state index contributed by atoms with van der Waals surface area (Å²) in [7, 11) is 0. The van der Waals surface area contributed by atoms with E-state index in [4.69, 9.17) is 0 Å². The van der Waals surface area contributed by atoms with E-state index in [1.807, 2.05) is 6.92 Å². The first-order valence-corrected chi connectivity index (χ1v) is 12.2. The van der Waals surface area contributed by atoms with E-state index in [2.05, 4.69) is 10.6 Å². The van der Waals surface area contributed by atoms with Gasteiger partial charge in [0, 0.05) is 24.9 Å². The first kappa shape index (κ1) is 24.5. The van der Waals surface area contributed by atoms with E-state index >= 15 is 0 Å². The van der Waals surface area contributed by atoms with Crippen molar-refractivity contribution in [2.24, 2.45) is 23.2 Å². The molecule has 4 fully saturated rings. The van der Waals surface area contributed by atoms with Gasteiger partial charge in [0.15, 0.2) is 17.5 Å². The molecule has 0 atom stereocenters. The van der Waals surface area contributed by atoms with Crippen molar-refractivity contribution in [1.29, 1.82) is 0 Å². The van der Waals surface area contributed by atoms with Gasteiger partial charge >= 0.3 is 0 Å². The number of hydrogen-bond donors (Lipinski definition) is 2. The van der Waals surface area contributed by atoms with Crippen LogP contribution in [-0.4, -0.2) is 42.3 Å². The molecule has 4 bridgehead atoms. The predicted octanol–water partition coefficient (Wildman–Crippen LogP) is 4.00. The smallest absolute Gasteiger partial charge is 0.244 e. The van der Waals surface area contributed by atoms with Crippen molar-refractivity contribution in [3.8, 4) is 0 Å². The lowest BCUT2D eigenvalue weighted by molar-refractivity contribution is -0.146. The topological polar surface area (TPSA) is 78.5 Å². The van der Waals surface area contributed by atoms with Gasteiger partial charge in [-0.25, -0.2) is 13.2 Å². The second kappa shape index (κ2) is 9.96. The van der Waals surface area contributed by atoms with Crippen LogP contribution in [0.3, 0.4) is 0 Å². The van der Waals surface area contributed by atoms with E-state index in [0.29, 0.717) is 30.7 Å². The van der Waals surface area contributed by atoms with Crippen molar-refractivity contribution in [1.82, 2.24) is 10.2 Å². The Kier molecular flexibility index (Phi) is 7.19. The normalized spacial score (nSPS) is 26.9. The minimum absolute atomic E-state index is 0.0466. The van der Waals surface area contributed by atoms with Crippen LogP contribution in [0.25, 0.3) is 0 Å². The van der Waals surface area contributed by atoms with Crippen LogP contribution in [0, 0.1) is 40.6 Å². The van der Waals surface area contributed by atoms with Gasteiger partial charge in [-0.05, 0) is 74.8 Å². The highest BCUT2D eigenvalue weighted by atomic mass is 19.2. The van der Waals surface area contributed by atoms with E-state index in [0.717, 1.165) is 31.4 Å². The number of amides is 3. The fraction of sp³-hybridized carbons (Fsp3) is 0.640. The van der Waals surface area contributed by atoms with Crippen LogP contribution in [0.4, 0.5) is 18.9 Å². The molecule has 0 aromatic heterocycles. The van der Waals surface area contributed by atoms with Crippen LogP contribution < -0.4 is 10.6 Å². The molecule has 186 valence electrons. The third kappa shape index (κ3) is 5.08. The van der Waals surface area contributed by atoms with Crippen molar-refractivity contribution in [3.63, 3.8) is 0 Å². The monoisotopic (exact) mass is 479 g/mol. The summed E-state index contributed by atoms with van der Waals surface area (Å²) in [5.41, 5.74) is -0.773. The highest BCUT2D eigenvalue weighted by Gasteiger charge is 2.54. The maximum atomic E-state index is 13.8. The zero-order valence-electron chi connectivity index (χ0n) is 19.5. The Hall–Kier alpha value is -2.58. The SMILES string of the molecule is CCCN(CC(=O)Nc1ccc(F)c(F)c1F)C(=O)CCNC(=O)C12CC3CC(CC(C3)C1)C2. The third-order valence-corrected chi connectivity index (χ3v) is 7.63. The molecule has 9 heteroatoms. The van der Waals surface area contributed by atoms with Crippen LogP contribution in [0.15, 0.2) is 12.1 Å². The van der Waals surface area contributed by atoms with Gasteiger partial charge < -0.3 is 15.5 Å². The van der Waals surface area contributed by atoms with Gasteiger partial charge in [-0.3, -0.25) is 14.4 Å². The second-order valence-corrected chi connectivity index (χ2v) is 10.3. The number of carbonyl (C=O) groups is 3. The van der Waals surface area contributed by atoms with Crippen LogP contribution in [0.2, 0.25) is 0 Å². The largest absolute Gasteiger partial charge is 0.355 e. The number of anilines is 1. The lowest BCUT2D eigenvalue weighted by Crippen LogP contribution is -2.54. The number of hydrogen-bond acceptors (Lipinski definition) is 3. The number of nitrogens with one attached hydrogen (secondary N) is 2. The van der Waals surface area contributed by atoms with E-state index in [9.17, 15) is 27.6 Å². The molecule has 4 saturated carbocycles. The summed E-state index contributed by atoms with van der Waals surface area (Å²) in [5, 5.41) is 5.15. The lowest BCUT2D eigenvalue weighted by atomic mass is 9.49. The molecule has 0 aliphatic heterocycles. The molecule has 3 amide bonds. The molecule has 34 heavy (non-hydrogen) atoms. The lowest BCUT2D eigenvalue weighted by Gasteiger charge is -2.55. The Morgan fingerprint density at radius 2 is 1.62 bits per heavy atom. The van der Waals surface area contributed by atoms with Crippen LogP contribution in [-0.2, 0) is 14.4 Å². The van der Waals surface area contributed by atoms with Gasteiger partial charge in [-0.2, -0.15) is 0 Å². The molecule has 2 N–H and O–H groups in total. The van der Waals surface area contributed by atoms with E-state index in [-0.39, 0.29) is 36.7 Å². The average Bonchev–Trinajstić information content (AvgIpc) is 2.78. The van der Waals surface area contributed by atoms with Crippen molar-refractivity contribution < 1.29 is 27.6 Å². The van der Waals surface area contributed by atoms with Crippen LogP contribution >= 0.6 is 0 Å². The summed E-state index contributed by atoms with van der Waals surface area (Å²) in [6.07, 6.45) is 7.21. The first-order chi connectivity index (χ1) is 16.2. The standard InChI is InChI=1S/C25H32F3N3O3/c1-2-7-31(14-20(32)30-19-4-3-18(26)22(27)23(19)28)21(33)5-6-29-24(34)25-11-15-8-16(12-25)10-17(9-15)13-25/h3-4,15-17H,2,5-14H2,1H3,(H,29,34)(H,30,32). The second-order valence-electron chi connectivity index (χ2n) is 10.3. The molecule has 0 radical (unpaired) electrons. The van der Waals surface area contributed by atoms with E-state index in [1.54, 1.807) is 0 Å². The minimum atomic E-state index is -1.67. The Morgan fingerprint density at radius 1 is 1.00 bits per heavy atom. The van der Waals surface area contributed by atoms with Crippen molar-refractivity contribution in [3.05, 3.63) is 29.6 Å².